The van der Waals surface area contributed by atoms with Crippen LogP contribution in [0.2, 0.25) is 0 Å². The Hall–Kier alpha value is -1.76. The van der Waals surface area contributed by atoms with Crippen molar-refractivity contribution in [2.45, 2.75) is 32.7 Å². The van der Waals surface area contributed by atoms with E-state index in [-0.39, 0.29) is 11.9 Å². The number of amides is 1. The average Bonchev–Trinajstić information content (AvgIpc) is 3.00. The van der Waals surface area contributed by atoms with Crippen LogP contribution in [0.5, 0.6) is 0 Å². The monoisotopic (exact) mass is 266 g/mol. The van der Waals surface area contributed by atoms with E-state index in [0.717, 1.165) is 17.8 Å². The molecule has 0 fully saturated rings. The van der Waals surface area contributed by atoms with Crippen molar-refractivity contribution in [3.63, 3.8) is 0 Å². The van der Waals surface area contributed by atoms with Crippen molar-refractivity contribution in [3.8, 4) is 0 Å². The Labute approximate surface area is 108 Å². The van der Waals surface area contributed by atoms with Gasteiger partial charge in [-0.05, 0) is 19.8 Å². The van der Waals surface area contributed by atoms with Gasteiger partial charge in [0.15, 0.2) is 5.82 Å². The van der Waals surface area contributed by atoms with Crippen LogP contribution in [-0.2, 0) is 6.42 Å². The largest absolute Gasteiger partial charge is 0.343 e. The molecular weight excluding hydrogens is 252 g/mol. The Bertz CT molecular complexity index is 509. The first kappa shape index (κ1) is 12.7. The minimum absolute atomic E-state index is 0.160. The summed E-state index contributed by atoms with van der Waals surface area (Å²) in [6, 6.07) is -0.284. The zero-order valence-corrected chi connectivity index (χ0v) is 11.0. The van der Waals surface area contributed by atoms with E-state index in [1.165, 1.54) is 17.7 Å². The third-order valence-corrected chi connectivity index (χ3v) is 3.41. The van der Waals surface area contributed by atoms with Crippen LogP contribution in [0, 0.1) is 0 Å². The quantitative estimate of drug-likeness (QED) is 0.894. The predicted octanol–water partition coefficient (Wildman–Crippen LogP) is 1.97. The summed E-state index contributed by atoms with van der Waals surface area (Å²) in [5.74, 6) is 0.300. The number of hydrogen-bond acceptors (Lipinski definition) is 6. The molecule has 0 saturated heterocycles. The lowest BCUT2D eigenvalue weighted by Gasteiger charge is -2.07. The Morgan fingerprint density at radius 3 is 3.06 bits per heavy atom. The molecule has 1 amide bonds. The van der Waals surface area contributed by atoms with Gasteiger partial charge in [0.1, 0.15) is 4.88 Å². The molecule has 18 heavy (non-hydrogen) atoms. The Morgan fingerprint density at radius 1 is 1.56 bits per heavy atom. The molecule has 6 nitrogen and oxygen atoms in total. The highest BCUT2D eigenvalue weighted by atomic mass is 32.1. The fourth-order valence-electron chi connectivity index (χ4n) is 1.45. The van der Waals surface area contributed by atoms with Crippen molar-refractivity contribution in [3.05, 3.63) is 28.3 Å². The highest BCUT2D eigenvalue weighted by Crippen LogP contribution is 2.16. The number of aromatic nitrogens is 3. The summed E-state index contributed by atoms with van der Waals surface area (Å²) in [6.45, 7) is 3.89. The predicted molar refractivity (Wildman–Crippen MR) is 66.3 cm³/mol. The molecular formula is C11H14N4O2S. The molecule has 0 bridgehead atoms. The van der Waals surface area contributed by atoms with E-state index in [9.17, 15) is 4.79 Å². The van der Waals surface area contributed by atoms with Crippen LogP contribution in [0.3, 0.4) is 0 Å². The van der Waals surface area contributed by atoms with Crippen LogP contribution >= 0.6 is 11.3 Å². The minimum Gasteiger partial charge on any atom is -0.343 e. The zero-order chi connectivity index (χ0) is 13.0. The first-order valence-corrected chi connectivity index (χ1v) is 6.54. The molecule has 7 heteroatoms. The molecule has 0 unspecified atom stereocenters. The summed E-state index contributed by atoms with van der Waals surface area (Å²) in [6.07, 6.45) is 4.77. The molecule has 0 aromatic carbocycles. The van der Waals surface area contributed by atoms with Gasteiger partial charge in [0.2, 0.25) is 6.39 Å². The van der Waals surface area contributed by atoms with Gasteiger partial charge in [0.05, 0.1) is 17.2 Å². The maximum Gasteiger partial charge on any atom is 0.263 e. The molecule has 0 saturated carbocycles. The summed E-state index contributed by atoms with van der Waals surface area (Å²) < 4.78 is 4.64. The smallest absolute Gasteiger partial charge is 0.263 e. The molecule has 1 N–H and O–H groups in total. The maximum absolute atomic E-state index is 11.9. The topological polar surface area (TPSA) is 80.9 Å². The Balaban J connectivity index is 1.98. The Morgan fingerprint density at radius 2 is 2.39 bits per heavy atom. The van der Waals surface area contributed by atoms with Crippen molar-refractivity contribution >= 4 is 17.2 Å². The summed E-state index contributed by atoms with van der Waals surface area (Å²) in [5.41, 5.74) is 0. The highest BCUT2D eigenvalue weighted by Gasteiger charge is 2.16. The number of carbonyl (C=O) groups is 1. The van der Waals surface area contributed by atoms with Crippen molar-refractivity contribution in [1.82, 2.24) is 20.4 Å². The van der Waals surface area contributed by atoms with E-state index in [0.29, 0.717) is 10.7 Å². The lowest BCUT2D eigenvalue weighted by Crippen LogP contribution is -2.26. The lowest BCUT2D eigenvalue weighted by molar-refractivity contribution is 0.0942. The van der Waals surface area contributed by atoms with E-state index in [4.69, 9.17) is 0 Å². The number of rotatable bonds is 5. The normalized spacial score (nSPS) is 12.3. The van der Waals surface area contributed by atoms with Gasteiger partial charge >= 0.3 is 0 Å². The van der Waals surface area contributed by atoms with Crippen LogP contribution in [0.1, 0.15) is 46.8 Å². The number of nitrogens with zero attached hydrogens (tertiary/aromatic N) is 3. The van der Waals surface area contributed by atoms with E-state index in [1.807, 2.05) is 0 Å². The second kappa shape index (κ2) is 5.72. The van der Waals surface area contributed by atoms with E-state index in [1.54, 1.807) is 13.1 Å². The van der Waals surface area contributed by atoms with Gasteiger partial charge in [0, 0.05) is 0 Å². The second-order valence-electron chi connectivity index (χ2n) is 3.85. The molecule has 0 aliphatic rings. The number of hydrogen-bond donors (Lipinski definition) is 1. The third kappa shape index (κ3) is 2.92. The van der Waals surface area contributed by atoms with Crippen LogP contribution in [-0.4, -0.2) is 21.0 Å². The van der Waals surface area contributed by atoms with E-state index >= 15 is 0 Å². The number of aryl methyl sites for hydroxylation is 1. The SMILES string of the molecule is CCCc1ncc(C(=O)N[C@H](C)c2ncon2)s1. The lowest BCUT2D eigenvalue weighted by atomic mass is 10.3. The molecule has 0 spiro atoms. The molecule has 0 aliphatic carbocycles. The van der Waals surface area contributed by atoms with Crippen LogP contribution in [0.15, 0.2) is 17.1 Å². The minimum atomic E-state index is -0.284. The first-order chi connectivity index (χ1) is 8.70. The summed E-state index contributed by atoms with van der Waals surface area (Å²) in [4.78, 5) is 20.6. The van der Waals surface area contributed by atoms with Crippen molar-refractivity contribution in [1.29, 1.82) is 0 Å². The van der Waals surface area contributed by atoms with Gasteiger partial charge in [0.25, 0.3) is 5.91 Å². The number of nitrogens with one attached hydrogen (secondary N) is 1. The van der Waals surface area contributed by atoms with E-state index in [2.05, 4.69) is 31.9 Å². The van der Waals surface area contributed by atoms with Crippen LogP contribution in [0.4, 0.5) is 0 Å². The van der Waals surface area contributed by atoms with Crippen molar-refractivity contribution in [2.75, 3.05) is 0 Å². The third-order valence-electron chi connectivity index (χ3n) is 2.35. The van der Waals surface area contributed by atoms with Gasteiger partial charge in [-0.2, -0.15) is 4.98 Å². The fraction of sp³-hybridized carbons (Fsp3) is 0.455. The van der Waals surface area contributed by atoms with Gasteiger partial charge in [-0.1, -0.05) is 12.1 Å². The molecule has 96 valence electrons. The molecule has 1 atom stereocenters. The molecule has 0 aliphatic heterocycles. The number of thiazole rings is 1. The molecule has 2 rings (SSSR count). The van der Waals surface area contributed by atoms with Gasteiger partial charge in [-0.3, -0.25) is 4.79 Å². The van der Waals surface area contributed by atoms with Crippen LogP contribution in [0.25, 0.3) is 0 Å². The van der Waals surface area contributed by atoms with Gasteiger partial charge in [-0.15, -0.1) is 11.3 Å². The molecule has 2 aromatic heterocycles. The average molecular weight is 266 g/mol. The fourth-order valence-corrected chi connectivity index (χ4v) is 2.37. The van der Waals surface area contributed by atoms with Gasteiger partial charge in [-0.25, -0.2) is 4.98 Å². The maximum atomic E-state index is 11.9. The first-order valence-electron chi connectivity index (χ1n) is 5.72. The Kier molecular flexibility index (Phi) is 4.03. The van der Waals surface area contributed by atoms with Crippen molar-refractivity contribution < 1.29 is 9.32 Å². The summed E-state index contributed by atoms with van der Waals surface area (Å²) >= 11 is 1.42. The molecule has 0 radical (unpaired) electrons. The second-order valence-corrected chi connectivity index (χ2v) is 4.97. The zero-order valence-electron chi connectivity index (χ0n) is 10.2. The number of carbonyl (C=O) groups excluding carboxylic acids is 1. The van der Waals surface area contributed by atoms with Crippen LogP contribution < -0.4 is 5.32 Å². The summed E-state index contributed by atoms with van der Waals surface area (Å²) in [5, 5.41) is 7.47. The molecule has 2 heterocycles. The molecule has 2 aromatic rings. The highest BCUT2D eigenvalue weighted by molar-refractivity contribution is 7.13. The van der Waals surface area contributed by atoms with Crippen molar-refractivity contribution in [2.24, 2.45) is 0 Å². The van der Waals surface area contributed by atoms with Gasteiger partial charge < -0.3 is 9.84 Å². The standard InChI is InChI=1S/C11H14N4O2S/c1-3-4-9-12-5-8(18-9)11(16)14-7(2)10-13-6-17-15-10/h5-7H,3-4H2,1-2H3,(H,14,16)/t7-/m1/s1. The van der Waals surface area contributed by atoms with E-state index < -0.39 is 0 Å². The summed E-state index contributed by atoms with van der Waals surface area (Å²) in [7, 11) is 0.